The lowest BCUT2D eigenvalue weighted by Gasteiger charge is -2.13. The van der Waals surface area contributed by atoms with E-state index in [0.717, 1.165) is 46.0 Å². The highest BCUT2D eigenvalue weighted by Gasteiger charge is 2.24. The molecule has 1 amide bonds. The first-order valence-corrected chi connectivity index (χ1v) is 12.2. The molecule has 182 valence electrons. The number of ether oxygens (including phenoxy) is 2. The molecule has 1 aromatic heterocycles. The van der Waals surface area contributed by atoms with Crippen LogP contribution in [0.5, 0.6) is 5.75 Å². The molecule has 1 atom stereocenters. The quantitative estimate of drug-likeness (QED) is 0.308. The summed E-state index contributed by atoms with van der Waals surface area (Å²) in [6.07, 6.45) is 2.84. The molecule has 1 unspecified atom stereocenters. The fraction of sp³-hybridized carbons (Fsp3) is 0.233. The van der Waals surface area contributed by atoms with Crippen LogP contribution in [0.4, 0.5) is 5.82 Å². The average Bonchev–Trinajstić information content (AvgIpc) is 3.72. The van der Waals surface area contributed by atoms with Crippen molar-refractivity contribution in [2.24, 2.45) is 0 Å². The SMILES string of the molecule is CC(C)Oc1ccc(-c2cnc(NC(=O)Cc3ccc(C4CO4)cc3)c(Cc3ccccc3)n2)cc1. The van der Waals surface area contributed by atoms with Crippen molar-refractivity contribution in [1.29, 1.82) is 0 Å². The van der Waals surface area contributed by atoms with Crippen molar-refractivity contribution in [2.45, 2.75) is 38.9 Å². The minimum atomic E-state index is -0.128. The summed E-state index contributed by atoms with van der Waals surface area (Å²) in [6, 6.07) is 25.9. The van der Waals surface area contributed by atoms with Crippen LogP contribution >= 0.6 is 0 Å². The van der Waals surface area contributed by atoms with Crippen molar-refractivity contribution in [3.05, 3.63) is 107 Å². The van der Waals surface area contributed by atoms with Gasteiger partial charge in [0.15, 0.2) is 5.82 Å². The molecule has 6 nitrogen and oxygen atoms in total. The van der Waals surface area contributed by atoms with Gasteiger partial charge in [-0.25, -0.2) is 9.97 Å². The topological polar surface area (TPSA) is 76.6 Å². The molecule has 0 spiro atoms. The molecule has 0 saturated carbocycles. The van der Waals surface area contributed by atoms with Gasteiger partial charge in [-0.05, 0) is 54.8 Å². The van der Waals surface area contributed by atoms with Gasteiger partial charge >= 0.3 is 0 Å². The number of anilines is 1. The van der Waals surface area contributed by atoms with Gasteiger partial charge in [-0.1, -0.05) is 54.6 Å². The molecular formula is C30H29N3O3. The number of aromatic nitrogens is 2. The summed E-state index contributed by atoms with van der Waals surface area (Å²) in [4.78, 5) is 22.4. The first kappa shape index (κ1) is 23.7. The van der Waals surface area contributed by atoms with Crippen LogP contribution in [0.3, 0.4) is 0 Å². The van der Waals surface area contributed by atoms with Gasteiger partial charge in [0, 0.05) is 12.0 Å². The molecule has 2 heterocycles. The van der Waals surface area contributed by atoms with Crippen LogP contribution in [-0.2, 0) is 22.4 Å². The Hall–Kier alpha value is -4.03. The summed E-state index contributed by atoms with van der Waals surface area (Å²) in [7, 11) is 0. The van der Waals surface area contributed by atoms with E-state index in [2.05, 4.69) is 10.3 Å². The third kappa shape index (κ3) is 6.15. The maximum atomic E-state index is 12.9. The van der Waals surface area contributed by atoms with E-state index in [0.29, 0.717) is 12.2 Å². The molecule has 0 bridgehead atoms. The van der Waals surface area contributed by atoms with E-state index in [1.165, 1.54) is 0 Å². The number of hydrogen-bond acceptors (Lipinski definition) is 5. The molecule has 1 N–H and O–H groups in total. The highest BCUT2D eigenvalue weighted by atomic mass is 16.6. The van der Waals surface area contributed by atoms with Crippen LogP contribution in [0, 0.1) is 0 Å². The van der Waals surface area contributed by atoms with E-state index >= 15 is 0 Å². The molecule has 1 aliphatic rings. The number of carbonyl (C=O) groups excluding carboxylic acids is 1. The lowest BCUT2D eigenvalue weighted by molar-refractivity contribution is -0.115. The first-order valence-electron chi connectivity index (χ1n) is 12.2. The second-order valence-corrected chi connectivity index (χ2v) is 9.19. The highest BCUT2D eigenvalue weighted by molar-refractivity contribution is 5.92. The molecule has 1 saturated heterocycles. The fourth-order valence-corrected chi connectivity index (χ4v) is 4.01. The number of rotatable bonds is 9. The highest BCUT2D eigenvalue weighted by Crippen LogP contribution is 2.29. The Morgan fingerprint density at radius 3 is 2.39 bits per heavy atom. The lowest BCUT2D eigenvalue weighted by atomic mass is 10.1. The average molecular weight is 480 g/mol. The molecule has 36 heavy (non-hydrogen) atoms. The Morgan fingerprint density at radius 1 is 1.00 bits per heavy atom. The number of carbonyl (C=O) groups is 1. The van der Waals surface area contributed by atoms with Gasteiger partial charge in [0.25, 0.3) is 0 Å². The van der Waals surface area contributed by atoms with Gasteiger partial charge in [0.05, 0.1) is 36.7 Å². The van der Waals surface area contributed by atoms with Crippen molar-refractivity contribution in [3.63, 3.8) is 0 Å². The zero-order valence-corrected chi connectivity index (χ0v) is 20.5. The zero-order valence-electron chi connectivity index (χ0n) is 20.5. The fourth-order valence-electron chi connectivity index (χ4n) is 4.01. The first-order chi connectivity index (χ1) is 17.5. The van der Waals surface area contributed by atoms with Crippen molar-refractivity contribution in [2.75, 3.05) is 11.9 Å². The molecule has 3 aromatic carbocycles. The predicted octanol–water partition coefficient (Wildman–Crippen LogP) is 5.77. The maximum Gasteiger partial charge on any atom is 0.229 e. The molecule has 5 rings (SSSR count). The Balaban J connectivity index is 1.35. The van der Waals surface area contributed by atoms with Gasteiger partial charge in [-0.3, -0.25) is 4.79 Å². The largest absolute Gasteiger partial charge is 0.491 e. The smallest absolute Gasteiger partial charge is 0.229 e. The molecule has 0 radical (unpaired) electrons. The van der Waals surface area contributed by atoms with Crippen LogP contribution in [0.25, 0.3) is 11.3 Å². The monoisotopic (exact) mass is 479 g/mol. The van der Waals surface area contributed by atoms with E-state index in [-0.39, 0.29) is 24.5 Å². The van der Waals surface area contributed by atoms with Gasteiger partial charge in [-0.15, -0.1) is 0 Å². The summed E-state index contributed by atoms with van der Waals surface area (Å²) in [5, 5.41) is 2.98. The minimum Gasteiger partial charge on any atom is -0.491 e. The number of benzene rings is 3. The number of epoxide rings is 1. The summed E-state index contributed by atoms with van der Waals surface area (Å²) in [5.41, 5.74) is 5.58. The minimum absolute atomic E-state index is 0.112. The van der Waals surface area contributed by atoms with E-state index in [1.807, 2.05) is 92.7 Å². The van der Waals surface area contributed by atoms with Crippen LogP contribution < -0.4 is 10.1 Å². The van der Waals surface area contributed by atoms with Gasteiger partial charge in [0.2, 0.25) is 5.91 Å². The van der Waals surface area contributed by atoms with Crippen molar-refractivity contribution >= 4 is 11.7 Å². The Labute approximate surface area is 211 Å². The summed E-state index contributed by atoms with van der Waals surface area (Å²) in [5.74, 6) is 1.17. The van der Waals surface area contributed by atoms with Gasteiger partial charge in [-0.2, -0.15) is 0 Å². The number of amides is 1. The van der Waals surface area contributed by atoms with E-state index in [1.54, 1.807) is 6.20 Å². The number of nitrogens with one attached hydrogen (secondary N) is 1. The summed E-state index contributed by atoms with van der Waals surface area (Å²) >= 11 is 0. The van der Waals surface area contributed by atoms with Crippen LogP contribution in [-0.4, -0.2) is 28.6 Å². The Morgan fingerprint density at radius 2 is 1.72 bits per heavy atom. The molecule has 0 aliphatic carbocycles. The second-order valence-electron chi connectivity index (χ2n) is 9.19. The lowest BCUT2D eigenvalue weighted by Crippen LogP contribution is -2.17. The van der Waals surface area contributed by atoms with Crippen molar-refractivity contribution in [1.82, 2.24) is 9.97 Å². The second kappa shape index (κ2) is 10.7. The molecule has 6 heteroatoms. The normalized spacial score (nSPS) is 14.5. The van der Waals surface area contributed by atoms with Crippen LogP contribution in [0.15, 0.2) is 85.1 Å². The summed E-state index contributed by atoms with van der Waals surface area (Å²) in [6.45, 7) is 4.77. The Kier molecular flexibility index (Phi) is 7.05. The number of nitrogens with zero attached hydrogens (tertiary/aromatic N) is 2. The van der Waals surface area contributed by atoms with Gasteiger partial charge in [0.1, 0.15) is 11.9 Å². The summed E-state index contributed by atoms with van der Waals surface area (Å²) < 4.78 is 11.1. The Bertz CT molecular complexity index is 1320. The zero-order chi connectivity index (χ0) is 24.9. The van der Waals surface area contributed by atoms with E-state index < -0.39 is 0 Å². The third-order valence-corrected chi connectivity index (χ3v) is 5.89. The molecular weight excluding hydrogens is 450 g/mol. The van der Waals surface area contributed by atoms with Gasteiger partial charge < -0.3 is 14.8 Å². The standard InChI is InChI=1S/C30H29N3O3/c1-20(2)36-25-14-12-23(13-15-25)27-18-31-30(26(32-27)16-21-6-4-3-5-7-21)33-29(34)17-22-8-10-24(11-9-22)28-19-35-28/h3-15,18,20,28H,16-17,19H2,1-2H3,(H,31,33,34). The predicted molar refractivity (Wildman–Crippen MR) is 140 cm³/mol. The number of hydrogen-bond donors (Lipinski definition) is 1. The van der Waals surface area contributed by atoms with Crippen LogP contribution in [0.1, 0.15) is 42.3 Å². The molecule has 1 aliphatic heterocycles. The van der Waals surface area contributed by atoms with Crippen molar-refractivity contribution < 1.29 is 14.3 Å². The maximum absolute atomic E-state index is 12.9. The molecule has 4 aromatic rings. The molecule has 1 fully saturated rings. The van der Waals surface area contributed by atoms with Crippen molar-refractivity contribution in [3.8, 4) is 17.0 Å². The third-order valence-electron chi connectivity index (χ3n) is 5.89. The van der Waals surface area contributed by atoms with E-state index in [4.69, 9.17) is 14.5 Å². The van der Waals surface area contributed by atoms with E-state index in [9.17, 15) is 4.79 Å². The van der Waals surface area contributed by atoms with Crippen LogP contribution in [0.2, 0.25) is 0 Å².